The number of carbonyl (C=O) groups excluding carboxylic acids is 1. The largest absolute Gasteiger partial charge is 0.335 e. The van der Waals surface area contributed by atoms with Crippen molar-refractivity contribution >= 4 is 48.1 Å². The zero-order chi connectivity index (χ0) is 22.0. The molecule has 0 bridgehead atoms. The molecule has 0 radical (unpaired) electrons. The smallest absolute Gasteiger partial charge is 0.309 e. The van der Waals surface area contributed by atoms with Crippen LogP contribution in [0.5, 0.6) is 0 Å². The van der Waals surface area contributed by atoms with Gasteiger partial charge in [-0.3, -0.25) is 9.36 Å². The van der Waals surface area contributed by atoms with Crippen molar-refractivity contribution in [2.45, 2.75) is 26.1 Å². The third-order valence-electron chi connectivity index (χ3n) is 4.84. The van der Waals surface area contributed by atoms with Crippen molar-refractivity contribution in [3.05, 3.63) is 74.6 Å². The minimum absolute atomic E-state index is 0.0822. The van der Waals surface area contributed by atoms with E-state index in [1.54, 1.807) is 38.1 Å². The van der Waals surface area contributed by atoms with Gasteiger partial charge in [0.1, 0.15) is 6.04 Å². The minimum atomic E-state index is -3.18. The number of aliphatic imine (C=N–C) groups is 1. The molecule has 0 spiro atoms. The zero-order valence-corrected chi connectivity index (χ0v) is 19.6. The summed E-state index contributed by atoms with van der Waals surface area (Å²) >= 11 is 7.52. The van der Waals surface area contributed by atoms with E-state index in [0.717, 1.165) is 21.6 Å². The first-order chi connectivity index (χ1) is 14.9. The van der Waals surface area contributed by atoms with Gasteiger partial charge in [-0.25, -0.2) is 4.99 Å². The molecule has 1 atom stereocenters. The normalized spacial score (nSPS) is 17.1. The molecule has 0 fully saturated rings. The molecular weight excluding hydrogens is 455 g/mol. The minimum Gasteiger partial charge on any atom is -0.309 e. The van der Waals surface area contributed by atoms with Crippen molar-refractivity contribution < 1.29 is 18.4 Å². The number of hydrogen-bond acceptors (Lipinski definition) is 6. The highest BCUT2D eigenvalue weighted by Gasteiger charge is 2.32. The van der Waals surface area contributed by atoms with Crippen LogP contribution in [0.3, 0.4) is 0 Å². The van der Waals surface area contributed by atoms with Crippen molar-refractivity contribution in [2.24, 2.45) is 4.99 Å². The number of carbonyl (C=O) groups is 1. The van der Waals surface area contributed by atoms with Gasteiger partial charge in [0.25, 0.3) is 5.91 Å². The number of nitrogens with zero attached hydrogens (tertiary/aromatic N) is 1. The lowest BCUT2D eigenvalue weighted by Crippen LogP contribution is -2.27. The first-order valence-electron chi connectivity index (χ1n) is 9.96. The van der Waals surface area contributed by atoms with E-state index in [1.165, 1.54) is 11.8 Å². The SMILES string of the molecule is CCOP(=O)(Cc1ccc(C(=O)NC2=NC3C(=Cc4cc(Cl)ccc43)S2)cc1)OCC. The summed E-state index contributed by atoms with van der Waals surface area (Å²) in [6.45, 7) is 4.18. The Morgan fingerprint density at radius 1 is 1.16 bits per heavy atom. The van der Waals surface area contributed by atoms with Crippen LogP contribution in [0.4, 0.5) is 0 Å². The molecule has 2 aromatic rings. The van der Waals surface area contributed by atoms with Crippen molar-refractivity contribution in [3.63, 3.8) is 0 Å². The van der Waals surface area contributed by atoms with E-state index in [2.05, 4.69) is 16.4 Å². The Kier molecular flexibility index (Phi) is 6.70. The van der Waals surface area contributed by atoms with Crippen LogP contribution >= 0.6 is 31.0 Å². The lowest BCUT2D eigenvalue weighted by Gasteiger charge is -2.17. The molecule has 1 heterocycles. The Morgan fingerprint density at radius 3 is 2.55 bits per heavy atom. The molecule has 6 nitrogen and oxygen atoms in total. The van der Waals surface area contributed by atoms with Crippen LogP contribution in [0.2, 0.25) is 5.02 Å². The number of amides is 1. The maximum Gasteiger partial charge on any atom is 0.335 e. The second kappa shape index (κ2) is 9.31. The predicted molar refractivity (Wildman–Crippen MR) is 126 cm³/mol. The first-order valence-corrected chi connectivity index (χ1v) is 12.9. The van der Waals surface area contributed by atoms with Crippen LogP contribution in [-0.2, 0) is 19.8 Å². The average molecular weight is 477 g/mol. The second-order valence-electron chi connectivity index (χ2n) is 7.01. The molecule has 0 saturated carbocycles. The molecule has 9 heteroatoms. The maximum atomic E-state index is 12.7. The highest BCUT2D eigenvalue weighted by molar-refractivity contribution is 8.17. The summed E-state index contributed by atoms with van der Waals surface area (Å²) in [5.74, 6) is -0.243. The molecule has 4 rings (SSSR count). The monoisotopic (exact) mass is 476 g/mol. The first kappa shape index (κ1) is 22.3. The van der Waals surface area contributed by atoms with Crippen molar-refractivity contribution in [1.82, 2.24) is 5.32 Å². The van der Waals surface area contributed by atoms with Gasteiger partial charge in [0.15, 0.2) is 5.17 Å². The highest BCUT2D eigenvalue weighted by atomic mass is 35.5. The van der Waals surface area contributed by atoms with Gasteiger partial charge in [0.2, 0.25) is 0 Å². The Balaban J connectivity index is 1.41. The van der Waals surface area contributed by atoms with E-state index in [9.17, 15) is 9.36 Å². The number of nitrogens with one attached hydrogen (secondary N) is 1. The number of rotatable bonds is 7. The van der Waals surface area contributed by atoms with Crippen molar-refractivity contribution in [3.8, 4) is 0 Å². The van der Waals surface area contributed by atoms with Crippen LogP contribution in [0.1, 0.15) is 46.9 Å². The Morgan fingerprint density at radius 2 is 1.87 bits per heavy atom. The van der Waals surface area contributed by atoms with E-state index in [1.807, 2.05) is 18.2 Å². The highest BCUT2D eigenvalue weighted by Crippen LogP contribution is 2.51. The predicted octanol–water partition coefficient (Wildman–Crippen LogP) is 6.03. The fraction of sp³-hybridized carbons (Fsp3) is 0.273. The summed E-state index contributed by atoms with van der Waals surface area (Å²) in [5.41, 5.74) is 3.44. The summed E-state index contributed by atoms with van der Waals surface area (Å²) in [6.07, 6.45) is 2.22. The van der Waals surface area contributed by atoms with Gasteiger partial charge in [0, 0.05) is 15.5 Å². The molecule has 2 aromatic carbocycles. The van der Waals surface area contributed by atoms with Gasteiger partial charge in [-0.1, -0.05) is 41.6 Å². The molecule has 0 saturated heterocycles. The van der Waals surface area contributed by atoms with E-state index in [-0.39, 0.29) is 18.1 Å². The van der Waals surface area contributed by atoms with Crippen LogP contribution in [-0.4, -0.2) is 24.3 Å². The number of hydrogen-bond donors (Lipinski definition) is 1. The molecule has 1 amide bonds. The number of amidine groups is 1. The van der Waals surface area contributed by atoms with E-state index < -0.39 is 7.60 Å². The molecule has 1 aliphatic heterocycles. The summed E-state index contributed by atoms with van der Waals surface area (Å²) in [7, 11) is -3.18. The van der Waals surface area contributed by atoms with E-state index >= 15 is 0 Å². The van der Waals surface area contributed by atoms with Crippen LogP contribution in [0.15, 0.2) is 52.4 Å². The number of fused-ring (bicyclic) bond motifs is 3. The lowest BCUT2D eigenvalue weighted by atomic mass is 10.1. The summed E-state index contributed by atoms with van der Waals surface area (Å²) < 4.78 is 23.3. The van der Waals surface area contributed by atoms with Crippen LogP contribution in [0.25, 0.3) is 6.08 Å². The molecule has 31 heavy (non-hydrogen) atoms. The number of thioether (sulfide) groups is 1. The molecule has 1 unspecified atom stereocenters. The lowest BCUT2D eigenvalue weighted by molar-refractivity contribution is 0.0978. The van der Waals surface area contributed by atoms with Crippen LogP contribution in [0, 0.1) is 0 Å². The molecule has 1 aliphatic carbocycles. The molecule has 2 aliphatic rings. The Hall–Kier alpha value is -1.89. The molecule has 0 aromatic heterocycles. The van der Waals surface area contributed by atoms with Gasteiger partial charge in [-0.05, 0) is 60.9 Å². The quantitative estimate of drug-likeness (QED) is 0.493. The van der Waals surface area contributed by atoms with Gasteiger partial charge < -0.3 is 14.4 Å². The topological polar surface area (TPSA) is 77.0 Å². The maximum absolute atomic E-state index is 12.7. The number of halogens is 1. The standard InChI is InChI=1S/C22H22ClN2O4PS/c1-3-28-30(27,29-4-2)13-14-5-7-15(8-6-14)21(26)25-22-24-20-18-10-9-17(23)11-16(18)12-19(20)31-22/h5-12,20H,3-4,13H2,1-2H3,(H,24,25,26). The van der Waals surface area contributed by atoms with Gasteiger partial charge >= 0.3 is 7.60 Å². The fourth-order valence-electron chi connectivity index (χ4n) is 3.51. The third-order valence-corrected chi connectivity index (χ3v) is 8.10. The van der Waals surface area contributed by atoms with Gasteiger partial charge in [-0.15, -0.1) is 0 Å². The van der Waals surface area contributed by atoms with Crippen LogP contribution < -0.4 is 5.32 Å². The van der Waals surface area contributed by atoms with Crippen molar-refractivity contribution in [2.75, 3.05) is 13.2 Å². The Bertz CT molecular complexity index is 1110. The summed E-state index contributed by atoms with van der Waals surface area (Å²) in [6, 6.07) is 12.6. The van der Waals surface area contributed by atoms with E-state index in [0.29, 0.717) is 29.0 Å². The zero-order valence-electron chi connectivity index (χ0n) is 17.1. The van der Waals surface area contributed by atoms with Crippen molar-refractivity contribution in [1.29, 1.82) is 0 Å². The molecular formula is C22H22ClN2O4PS. The molecule has 162 valence electrons. The summed E-state index contributed by atoms with van der Waals surface area (Å²) in [4.78, 5) is 18.4. The third kappa shape index (κ3) is 4.97. The van der Waals surface area contributed by atoms with Gasteiger partial charge in [0.05, 0.1) is 19.4 Å². The van der Waals surface area contributed by atoms with Gasteiger partial charge in [-0.2, -0.15) is 0 Å². The Labute approximate surface area is 190 Å². The second-order valence-corrected chi connectivity index (χ2v) is 10.6. The van der Waals surface area contributed by atoms with E-state index in [4.69, 9.17) is 20.6 Å². The fourth-order valence-corrected chi connectivity index (χ4v) is 6.40. The molecule has 1 N–H and O–H groups in total. The summed E-state index contributed by atoms with van der Waals surface area (Å²) in [5, 5.41) is 4.14. The average Bonchev–Trinajstić information content (AvgIpc) is 3.25. The number of benzene rings is 2.